The van der Waals surface area contributed by atoms with Crippen molar-refractivity contribution in [1.82, 2.24) is 4.72 Å². The molecule has 0 amide bonds. The SMILES string of the molecule is CC1CCCC(NS(=O)(=O)c2ccc(S(C)(=O)=O)cc2)C1C. The molecule has 0 aromatic heterocycles. The van der Waals surface area contributed by atoms with Crippen LogP contribution in [0.2, 0.25) is 0 Å². The van der Waals surface area contributed by atoms with Gasteiger partial charge in [0.15, 0.2) is 9.84 Å². The fourth-order valence-corrected chi connectivity index (χ4v) is 4.87. The van der Waals surface area contributed by atoms with Crippen LogP contribution in [0.1, 0.15) is 33.1 Å². The summed E-state index contributed by atoms with van der Waals surface area (Å²) >= 11 is 0. The fraction of sp³-hybridized carbons (Fsp3) is 0.600. The second-order valence-corrected chi connectivity index (χ2v) is 9.97. The molecule has 1 aliphatic rings. The van der Waals surface area contributed by atoms with Gasteiger partial charge in [-0.1, -0.05) is 26.7 Å². The molecule has 124 valence electrons. The number of sulfonamides is 1. The second-order valence-electron chi connectivity index (χ2n) is 6.24. The topological polar surface area (TPSA) is 80.3 Å². The van der Waals surface area contributed by atoms with Crippen molar-refractivity contribution in [2.45, 2.75) is 48.9 Å². The van der Waals surface area contributed by atoms with Crippen LogP contribution in [0.15, 0.2) is 34.1 Å². The summed E-state index contributed by atoms with van der Waals surface area (Å²) in [5.74, 6) is 0.785. The number of nitrogens with one attached hydrogen (secondary N) is 1. The quantitative estimate of drug-likeness (QED) is 0.907. The number of rotatable bonds is 4. The average Bonchev–Trinajstić information content (AvgIpc) is 2.43. The minimum atomic E-state index is -3.62. The lowest BCUT2D eigenvalue weighted by Crippen LogP contribution is -2.43. The molecule has 3 atom stereocenters. The molecule has 2 rings (SSSR count). The van der Waals surface area contributed by atoms with Gasteiger partial charge in [0.2, 0.25) is 10.0 Å². The van der Waals surface area contributed by atoms with Gasteiger partial charge in [0.1, 0.15) is 0 Å². The van der Waals surface area contributed by atoms with E-state index in [9.17, 15) is 16.8 Å². The molecule has 1 saturated carbocycles. The monoisotopic (exact) mass is 345 g/mol. The highest BCUT2D eigenvalue weighted by atomic mass is 32.2. The van der Waals surface area contributed by atoms with Gasteiger partial charge >= 0.3 is 0 Å². The molecule has 1 aromatic carbocycles. The summed E-state index contributed by atoms with van der Waals surface area (Å²) in [5.41, 5.74) is 0. The van der Waals surface area contributed by atoms with Crippen molar-refractivity contribution >= 4 is 19.9 Å². The molecule has 0 radical (unpaired) electrons. The van der Waals surface area contributed by atoms with E-state index in [4.69, 9.17) is 0 Å². The van der Waals surface area contributed by atoms with Crippen LogP contribution in [0.5, 0.6) is 0 Å². The van der Waals surface area contributed by atoms with Gasteiger partial charge in [-0.3, -0.25) is 0 Å². The summed E-state index contributed by atoms with van der Waals surface area (Å²) in [6.45, 7) is 4.22. The van der Waals surface area contributed by atoms with Crippen molar-refractivity contribution in [3.05, 3.63) is 24.3 Å². The van der Waals surface area contributed by atoms with Crippen LogP contribution < -0.4 is 4.72 Å². The van der Waals surface area contributed by atoms with Gasteiger partial charge < -0.3 is 0 Å². The summed E-state index contributed by atoms with van der Waals surface area (Å²) in [4.78, 5) is 0.219. The van der Waals surface area contributed by atoms with E-state index in [1.54, 1.807) is 0 Å². The van der Waals surface area contributed by atoms with Crippen molar-refractivity contribution in [2.24, 2.45) is 11.8 Å². The predicted octanol–water partition coefficient (Wildman–Crippen LogP) is 2.19. The first-order chi connectivity index (χ1) is 10.1. The van der Waals surface area contributed by atoms with Crippen LogP contribution in [0.25, 0.3) is 0 Å². The Bertz CT molecular complexity index is 723. The maximum Gasteiger partial charge on any atom is 0.240 e. The number of sulfone groups is 1. The Hall–Kier alpha value is -0.920. The van der Waals surface area contributed by atoms with Crippen LogP contribution in [0.4, 0.5) is 0 Å². The third-order valence-corrected chi connectivity index (χ3v) is 7.21. The summed E-state index contributed by atoms with van der Waals surface area (Å²) in [6, 6.07) is 5.28. The maximum atomic E-state index is 12.5. The van der Waals surface area contributed by atoms with Gasteiger partial charge in [0.05, 0.1) is 9.79 Å². The molecule has 3 unspecified atom stereocenters. The van der Waals surface area contributed by atoms with Gasteiger partial charge in [-0.05, 0) is 42.5 Å². The van der Waals surface area contributed by atoms with Gasteiger partial charge in [-0.15, -0.1) is 0 Å². The third-order valence-electron chi connectivity index (χ3n) is 4.58. The summed E-state index contributed by atoms with van der Waals surface area (Å²) < 4.78 is 50.5. The second kappa shape index (κ2) is 6.29. The van der Waals surface area contributed by atoms with E-state index in [1.807, 2.05) is 0 Å². The maximum absolute atomic E-state index is 12.5. The van der Waals surface area contributed by atoms with E-state index in [0.717, 1.165) is 25.5 Å². The molecule has 1 aliphatic carbocycles. The lowest BCUT2D eigenvalue weighted by atomic mass is 9.78. The van der Waals surface area contributed by atoms with Crippen LogP contribution in [-0.2, 0) is 19.9 Å². The Balaban J connectivity index is 2.20. The highest BCUT2D eigenvalue weighted by Gasteiger charge is 2.30. The van der Waals surface area contributed by atoms with E-state index in [0.29, 0.717) is 11.8 Å². The van der Waals surface area contributed by atoms with Crippen LogP contribution in [0.3, 0.4) is 0 Å². The molecule has 0 saturated heterocycles. The average molecular weight is 345 g/mol. The molecular formula is C15H23NO4S2. The Morgan fingerprint density at radius 3 is 2.05 bits per heavy atom. The molecule has 0 spiro atoms. The third kappa shape index (κ3) is 3.88. The Labute approximate surface area is 133 Å². The summed E-state index contributed by atoms with van der Waals surface area (Å²) in [6.07, 6.45) is 4.08. The predicted molar refractivity (Wildman–Crippen MR) is 85.8 cm³/mol. The van der Waals surface area contributed by atoms with E-state index in [-0.39, 0.29) is 15.8 Å². The molecule has 0 bridgehead atoms. The lowest BCUT2D eigenvalue weighted by molar-refractivity contribution is 0.227. The number of hydrogen-bond donors (Lipinski definition) is 1. The molecule has 0 aliphatic heterocycles. The number of benzene rings is 1. The summed E-state index contributed by atoms with van der Waals surface area (Å²) in [7, 11) is -6.95. The zero-order chi connectivity index (χ0) is 16.5. The van der Waals surface area contributed by atoms with E-state index < -0.39 is 19.9 Å². The normalized spacial score (nSPS) is 26.8. The van der Waals surface area contributed by atoms with E-state index in [2.05, 4.69) is 18.6 Å². The van der Waals surface area contributed by atoms with Crippen molar-refractivity contribution in [1.29, 1.82) is 0 Å². The molecule has 22 heavy (non-hydrogen) atoms. The van der Waals surface area contributed by atoms with Gasteiger partial charge in [-0.2, -0.15) is 0 Å². The Morgan fingerprint density at radius 1 is 0.955 bits per heavy atom. The molecular weight excluding hydrogens is 322 g/mol. The first-order valence-electron chi connectivity index (χ1n) is 7.44. The van der Waals surface area contributed by atoms with E-state index >= 15 is 0 Å². The van der Waals surface area contributed by atoms with E-state index in [1.165, 1.54) is 24.3 Å². The molecule has 7 heteroatoms. The molecule has 1 fully saturated rings. The molecule has 1 aromatic rings. The van der Waals surface area contributed by atoms with Crippen LogP contribution in [0, 0.1) is 11.8 Å². The molecule has 5 nitrogen and oxygen atoms in total. The summed E-state index contributed by atoms with van der Waals surface area (Å²) in [5, 5.41) is 0. The van der Waals surface area contributed by atoms with Crippen molar-refractivity contribution in [3.8, 4) is 0 Å². The molecule has 0 heterocycles. The minimum absolute atomic E-state index is 0.0664. The van der Waals surface area contributed by atoms with Gasteiger partial charge in [-0.25, -0.2) is 21.6 Å². The largest absolute Gasteiger partial charge is 0.240 e. The van der Waals surface area contributed by atoms with Crippen LogP contribution in [-0.4, -0.2) is 29.1 Å². The zero-order valence-electron chi connectivity index (χ0n) is 13.1. The Kier molecular flexibility index (Phi) is 4.99. The van der Waals surface area contributed by atoms with Gasteiger partial charge in [0.25, 0.3) is 0 Å². The fourth-order valence-electron chi connectivity index (χ4n) is 2.88. The van der Waals surface area contributed by atoms with Gasteiger partial charge in [0, 0.05) is 12.3 Å². The standard InChI is InChI=1S/C15H23NO4S2/c1-11-5-4-6-15(12(11)2)16-22(19,20)14-9-7-13(8-10-14)21(3,17)18/h7-12,15-16H,4-6H2,1-3H3. The molecule has 1 N–H and O–H groups in total. The lowest BCUT2D eigenvalue weighted by Gasteiger charge is -2.34. The smallest absolute Gasteiger partial charge is 0.224 e. The van der Waals surface area contributed by atoms with Crippen molar-refractivity contribution in [2.75, 3.05) is 6.26 Å². The highest BCUT2D eigenvalue weighted by molar-refractivity contribution is 7.90. The van der Waals surface area contributed by atoms with Crippen molar-refractivity contribution < 1.29 is 16.8 Å². The minimum Gasteiger partial charge on any atom is -0.224 e. The number of hydrogen-bond acceptors (Lipinski definition) is 4. The van der Waals surface area contributed by atoms with Crippen LogP contribution >= 0.6 is 0 Å². The first kappa shape index (κ1) is 17.4. The Morgan fingerprint density at radius 2 is 1.50 bits per heavy atom. The zero-order valence-corrected chi connectivity index (χ0v) is 14.7. The highest BCUT2D eigenvalue weighted by Crippen LogP contribution is 2.30. The first-order valence-corrected chi connectivity index (χ1v) is 10.8. The van der Waals surface area contributed by atoms with Crippen molar-refractivity contribution in [3.63, 3.8) is 0 Å².